The van der Waals surface area contributed by atoms with Gasteiger partial charge in [-0.3, -0.25) is 9.59 Å². The number of aliphatic hydroxyl groups is 1. The summed E-state index contributed by atoms with van der Waals surface area (Å²) >= 11 is 0. The molecule has 5 N–H and O–H groups in total. The lowest BCUT2D eigenvalue weighted by Crippen LogP contribution is -2.60. The smallest absolute Gasteiger partial charge is 0.378 e. The fraction of sp³-hybridized carbons (Fsp3) is 0.286. The van der Waals surface area contributed by atoms with E-state index in [4.69, 9.17) is 5.73 Å². The van der Waals surface area contributed by atoms with Crippen LogP contribution in [0.1, 0.15) is 10.4 Å². The highest BCUT2D eigenvalue weighted by molar-refractivity contribution is 5.96. The molecule has 0 spiro atoms. The van der Waals surface area contributed by atoms with Crippen molar-refractivity contribution in [2.75, 3.05) is 18.1 Å². The molecule has 0 saturated heterocycles. The number of hydrazone groups is 1. The van der Waals surface area contributed by atoms with Crippen molar-refractivity contribution in [2.45, 2.75) is 17.9 Å². The van der Waals surface area contributed by atoms with Gasteiger partial charge in [0.2, 0.25) is 5.91 Å². The number of benzene rings is 2. The molecular formula is C21H20F5N5O3. The molecule has 3 unspecified atom stereocenters. The van der Waals surface area contributed by atoms with Crippen LogP contribution in [-0.2, 0) is 4.79 Å². The second-order valence-corrected chi connectivity index (χ2v) is 7.49. The first-order valence-corrected chi connectivity index (χ1v) is 9.87. The highest BCUT2D eigenvalue weighted by Crippen LogP contribution is 2.31. The predicted molar refractivity (Wildman–Crippen MR) is 112 cm³/mol. The van der Waals surface area contributed by atoms with E-state index in [9.17, 15) is 36.6 Å². The summed E-state index contributed by atoms with van der Waals surface area (Å²) < 4.78 is 68.6. The number of rotatable bonds is 7. The van der Waals surface area contributed by atoms with Crippen LogP contribution in [0, 0.1) is 17.6 Å². The largest absolute Gasteiger partial charge is 0.420 e. The fourth-order valence-electron chi connectivity index (χ4n) is 3.13. The van der Waals surface area contributed by atoms with Gasteiger partial charge in [0.25, 0.3) is 5.91 Å². The molecule has 2 aromatic rings. The molecule has 0 saturated carbocycles. The average Bonchev–Trinajstić information content (AvgIpc) is 3.16. The summed E-state index contributed by atoms with van der Waals surface area (Å²) in [6.45, 7) is -2.57. The number of amides is 2. The normalized spacial score (nSPS) is 19.6. The van der Waals surface area contributed by atoms with Crippen molar-refractivity contribution in [1.82, 2.24) is 10.6 Å². The first-order valence-electron chi connectivity index (χ1n) is 9.87. The molecule has 0 bridgehead atoms. The number of para-hydroxylation sites is 1. The lowest BCUT2D eigenvalue weighted by molar-refractivity contribution is -0.254. The topological polar surface area (TPSA) is 120 Å². The summed E-state index contributed by atoms with van der Waals surface area (Å²) in [4.78, 5) is 24.5. The third-order valence-electron chi connectivity index (χ3n) is 5.13. The van der Waals surface area contributed by atoms with Crippen molar-refractivity contribution in [3.63, 3.8) is 0 Å². The molecule has 1 aliphatic heterocycles. The second-order valence-electron chi connectivity index (χ2n) is 7.49. The number of alkyl halides is 3. The molecule has 0 fully saturated rings. The molecule has 1 aliphatic rings. The predicted octanol–water partition coefficient (Wildman–Crippen LogP) is 1.51. The van der Waals surface area contributed by atoms with E-state index < -0.39 is 66.1 Å². The lowest BCUT2D eigenvalue weighted by Gasteiger charge is -2.31. The van der Waals surface area contributed by atoms with Crippen molar-refractivity contribution in [2.24, 2.45) is 16.8 Å². The van der Waals surface area contributed by atoms with Gasteiger partial charge in [0.15, 0.2) is 17.2 Å². The van der Waals surface area contributed by atoms with E-state index >= 15 is 0 Å². The van der Waals surface area contributed by atoms with Gasteiger partial charge in [0.05, 0.1) is 13.1 Å². The monoisotopic (exact) mass is 485 g/mol. The highest BCUT2D eigenvalue weighted by Gasteiger charge is 2.54. The Morgan fingerprint density at radius 2 is 1.59 bits per heavy atom. The number of nitrogens with two attached hydrogens (primary N) is 1. The molecule has 0 radical (unpaired) electrons. The third kappa shape index (κ3) is 5.15. The summed E-state index contributed by atoms with van der Waals surface area (Å²) in [5, 5.41) is 18.5. The Bertz CT molecular complexity index is 1060. The lowest BCUT2D eigenvalue weighted by atomic mass is 10.0. The first-order chi connectivity index (χ1) is 15.9. The number of hydrogen-bond acceptors (Lipinski definition) is 6. The minimum absolute atomic E-state index is 0.0738. The van der Waals surface area contributed by atoms with Gasteiger partial charge in [0.1, 0.15) is 17.8 Å². The molecule has 2 amide bonds. The van der Waals surface area contributed by atoms with Crippen LogP contribution < -0.4 is 21.4 Å². The summed E-state index contributed by atoms with van der Waals surface area (Å²) in [7, 11) is 0. The molecule has 182 valence electrons. The van der Waals surface area contributed by atoms with Gasteiger partial charge in [-0.25, -0.2) is 13.8 Å². The zero-order valence-corrected chi connectivity index (χ0v) is 17.4. The maximum absolute atomic E-state index is 14.0. The van der Waals surface area contributed by atoms with Crippen LogP contribution in [0.15, 0.2) is 53.6 Å². The Kier molecular flexibility index (Phi) is 7.17. The standard InChI is InChI=1S/C21H20F5N5O3/c22-14-7-4-8-15(23)16(14)31-17(27)13(9-30-31)19(33)29-11-20(34,21(24,25)26)10-28-18(32)12-5-2-1-3-6-12/h1-9,13,17,34H,10-11,27H2,(H,28,32)(H,29,33). The Morgan fingerprint density at radius 1 is 1.00 bits per heavy atom. The molecular weight excluding hydrogens is 465 g/mol. The maximum Gasteiger partial charge on any atom is 0.420 e. The molecule has 1 heterocycles. The second kappa shape index (κ2) is 9.73. The van der Waals surface area contributed by atoms with Crippen molar-refractivity contribution in [3.8, 4) is 0 Å². The van der Waals surface area contributed by atoms with Gasteiger partial charge < -0.3 is 21.5 Å². The number of nitrogens with zero attached hydrogens (tertiary/aromatic N) is 2. The van der Waals surface area contributed by atoms with Crippen LogP contribution in [0.4, 0.5) is 27.6 Å². The van der Waals surface area contributed by atoms with E-state index in [1.165, 1.54) is 24.3 Å². The molecule has 3 rings (SSSR count). The Hall–Kier alpha value is -3.58. The van der Waals surface area contributed by atoms with Gasteiger partial charge in [-0.1, -0.05) is 24.3 Å². The number of halogens is 5. The molecule has 34 heavy (non-hydrogen) atoms. The quantitative estimate of drug-likeness (QED) is 0.444. The van der Waals surface area contributed by atoms with Crippen molar-refractivity contribution in [3.05, 3.63) is 65.7 Å². The molecule has 0 aromatic heterocycles. The zero-order valence-electron chi connectivity index (χ0n) is 17.4. The number of nitrogens with one attached hydrogen (secondary N) is 2. The first kappa shape index (κ1) is 25.1. The molecule has 8 nitrogen and oxygen atoms in total. The number of carbonyl (C=O) groups excluding carboxylic acids is 2. The van der Waals surface area contributed by atoms with Crippen LogP contribution in [-0.4, -0.2) is 54.2 Å². The van der Waals surface area contributed by atoms with Gasteiger partial charge in [-0.15, -0.1) is 0 Å². The summed E-state index contributed by atoms with van der Waals surface area (Å²) in [5.41, 5.74) is 1.78. The van der Waals surface area contributed by atoms with Crippen LogP contribution in [0.3, 0.4) is 0 Å². The number of carbonyl (C=O) groups is 2. The molecule has 0 aliphatic carbocycles. The minimum atomic E-state index is -5.22. The van der Waals surface area contributed by atoms with E-state index in [2.05, 4.69) is 5.10 Å². The summed E-state index contributed by atoms with van der Waals surface area (Å²) in [6.07, 6.45) is -5.73. The molecule has 2 aromatic carbocycles. The van der Waals surface area contributed by atoms with Gasteiger partial charge in [-0.05, 0) is 24.3 Å². The third-order valence-corrected chi connectivity index (χ3v) is 5.13. The van der Waals surface area contributed by atoms with Crippen LogP contribution in [0.5, 0.6) is 0 Å². The maximum atomic E-state index is 14.0. The van der Waals surface area contributed by atoms with E-state index in [0.717, 1.165) is 24.4 Å². The van der Waals surface area contributed by atoms with Crippen molar-refractivity contribution >= 4 is 23.7 Å². The SMILES string of the molecule is NC1C(C(=O)NCC(O)(CNC(=O)c2ccccc2)C(F)(F)F)C=NN1c1c(F)cccc1F. The van der Waals surface area contributed by atoms with Gasteiger partial charge >= 0.3 is 6.18 Å². The van der Waals surface area contributed by atoms with Crippen LogP contribution >= 0.6 is 0 Å². The van der Waals surface area contributed by atoms with Crippen molar-refractivity contribution < 1.29 is 36.6 Å². The Labute approximate surface area is 190 Å². The molecule has 13 heteroatoms. The number of hydrogen-bond donors (Lipinski definition) is 4. The van der Waals surface area contributed by atoms with E-state index in [-0.39, 0.29) is 5.56 Å². The zero-order chi connectivity index (χ0) is 25.1. The van der Waals surface area contributed by atoms with E-state index in [1.54, 1.807) is 6.07 Å². The molecule has 3 atom stereocenters. The summed E-state index contributed by atoms with van der Waals surface area (Å²) in [5.74, 6) is -5.33. The van der Waals surface area contributed by atoms with Gasteiger partial charge in [-0.2, -0.15) is 18.3 Å². The van der Waals surface area contributed by atoms with Crippen LogP contribution in [0.25, 0.3) is 0 Å². The van der Waals surface area contributed by atoms with Gasteiger partial charge in [0, 0.05) is 11.8 Å². The Balaban J connectivity index is 1.66. The highest BCUT2D eigenvalue weighted by atomic mass is 19.4. The van der Waals surface area contributed by atoms with E-state index in [0.29, 0.717) is 5.01 Å². The van der Waals surface area contributed by atoms with Crippen LogP contribution in [0.2, 0.25) is 0 Å². The summed E-state index contributed by atoms with van der Waals surface area (Å²) in [6, 6.07) is 10.4. The Morgan fingerprint density at radius 3 is 2.18 bits per heavy atom. The minimum Gasteiger partial charge on any atom is -0.378 e. The van der Waals surface area contributed by atoms with Crippen molar-refractivity contribution in [1.29, 1.82) is 0 Å². The van der Waals surface area contributed by atoms with E-state index in [1.807, 2.05) is 10.6 Å². The average molecular weight is 485 g/mol. The fourth-order valence-corrected chi connectivity index (χ4v) is 3.13. The number of anilines is 1.